The molecule has 0 spiro atoms. The molecule has 4 rings (SSSR count). The maximum Gasteiger partial charge on any atom is 0.434 e. The number of thiazole rings is 1. The first-order valence-electron chi connectivity index (χ1n) is 9.35. The van der Waals surface area contributed by atoms with Gasteiger partial charge in [-0.05, 0) is 44.7 Å². The van der Waals surface area contributed by atoms with Gasteiger partial charge in [0.05, 0.1) is 11.8 Å². The lowest BCUT2D eigenvalue weighted by molar-refractivity contribution is -0.140. The second-order valence-corrected chi connectivity index (χ2v) is 8.21. The zero-order chi connectivity index (χ0) is 21.6. The number of carbonyl (C=O) groups excluding carboxylic acids is 1. The lowest BCUT2D eigenvalue weighted by atomic mass is 10.0. The minimum atomic E-state index is -4.62. The minimum absolute atomic E-state index is 0.151. The van der Waals surface area contributed by atoms with Gasteiger partial charge in [0.2, 0.25) is 5.78 Å². The van der Waals surface area contributed by atoms with Gasteiger partial charge in [-0.2, -0.15) is 23.5 Å². The van der Waals surface area contributed by atoms with Gasteiger partial charge in [0.1, 0.15) is 10.7 Å². The number of hydrogen-bond donors (Lipinski definition) is 0. The number of aromatic nitrogens is 3. The van der Waals surface area contributed by atoms with Crippen molar-refractivity contribution in [3.63, 3.8) is 0 Å². The topological polar surface area (TPSA) is 71.6 Å². The molecular weight excluding hydrogens is 413 g/mol. The molecule has 1 atom stereocenters. The summed E-state index contributed by atoms with van der Waals surface area (Å²) in [5.41, 5.74) is 3.69. The van der Waals surface area contributed by atoms with Gasteiger partial charge in [0.15, 0.2) is 11.6 Å². The number of carbonyl (C=O) groups is 1. The Balaban J connectivity index is 1.76. The van der Waals surface area contributed by atoms with Crippen molar-refractivity contribution in [1.82, 2.24) is 14.8 Å². The van der Waals surface area contributed by atoms with E-state index in [0.29, 0.717) is 17.8 Å². The standard InChI is InChI=1S/C21H17F3N4OS/c1-11-6-7-15(12(2)8-11)28-16-5-3-4-13(16)18(27-28)19(29)14(9-25)20-26-17(10-30-20)21(22,23)24/h6-8,10,14H,3-5H2,1-2H3. The molecule has 0 saturated heterocycles. The summed E-state index contributed by atoms with van der Waals surface area (Å²) in [7, 11) is 0. The summed E-state index contributed by atoms with van der Waals surface area (Å²) < 4.78 is 40.4. The summed E-state index contributed by atoms with van der Waals surface area (Å²) >= 11 is 0.664. The number of fused-ring (bicyclic) bond motifs is 1. The van der Waals surface area contributed by atoms with E-state index >= 15 is 0 Å². The number of rotatable bonds is 4. The third-order valence-corrected chi connectivity index (χ3v) is 6.10. The zero-order valence-electron chi connectivity index (χ0n) is 16.2. The SMILES string of the molecule is Cc1ccc(-n2nc(C(=O)C(C#N)c3nc(C(F)(F)F)cs3)c3c2CCC3)c(C)c1. The molecule has 5 nitrogen and oxygen atoms in total. The Morgan fingerprint density at radius 1 is 1.30 bits per heavy atom. The van der Waals surface area contributed by atoms with E-state index in [9.17, 15) is 23.2 Å². The molecule has 0 saturated carbocycles. The molecule has 0 fully saturated rings. The number of alkyl halides is 3. The van der Waals surface area contributed by atoms with E-state index in [1.807, 2.05) is 38.1 Å². The van der Waals surface area contributed by atoms with Gasteiger partial charge < -0.3 is 0 Å². The van der Waals surface area contributed by atoms with Crippen LogP contribution >= 0.6 is 11.3 Å². The maximum atomic E-state index is 13.2. The van der Waals surface area contributed by atoms with Crippen molar-refractivity contribution in [1.29, 1.82) is 5.26 Å². The molecule has 0 N–H and O–H groups in total. The van der Waals surface area contributed by atoms with E-state index < -0.39 is 23.6 Å². The Kier molecular flexibility index (Phi) is 4.98. The summed E-state index contributed by atoms with van der Waals surface area (Å²) in [6, 6.07) is 7.73. The Morgan fingerprint density at radius 3 is 2.70 bits per heavy atom. The van der Waals surface area contributed by atoms with Gasteiger partial charge in [-0.1, -0.05) is 17.7 Å². The molecule has 1 aliphatic rings. The monoisotopic (exact) mass is 430 g/mol. The number of Topliss-reactive ketones (excluding diaryl/α,β-unsaturated/α-hetero) is 1. The highest BCUT2D eigenvalue weighted by Crippen LogP contribution is 2.35. The Labute approximate surface area is 174 Å². The van der Waals surface area contributed by atoms with Crippen LogP contribution < -0.4 is 0 Å². The average Bonchev–Trinajstić information content (AvgIpc) is 3.38. The molecule has 2 aromatic heterocycles. The normalized spacial score (nSPS) is 14.4. The zero-order valence-corrected chi connectivity index (χ0v) is 17.1. The van der Waals surface area contributed by atoms with E-state index in [4.69, 9.17) is 0 Å². The number of aryl methyl sites for hydroxylation is 2. The molecule has 0 aliphatic heterocycles. The molecule has 9 heteroatoms. The van der Waals surface area contributed by atoms with Crippen molar-refractivity contribution < 1.29 is 18.0 Å². The van der Waals surface area contributed by atoms with Crippen LogP contribution in [0.5, 0.6) is 0 Å². The fraction of sp³-hybridized carbons (Fsp3) is 0.333. The minimum Gasteiger partial charge on any atom is -0.290 e. The van der Waals surface area contributed by atoms with Crippen LogP contribution in [0.1, 0.15) is 55.9 Å². The number of halogens is 3. The first-order valence-corrected chi connectivity index (χ1v) is 10.2. The molecule has 0 bridgehead atoms. The second kappa shape index (κ2) is 7.36. The van der Waals surface area contributed by atoms with Gasteiger partial charge in [0, 0.05) is 16.6 Å². The average molecular weight is 430 g/mol. The highest BCUT2D eigenvalue weighted by atomic mass is 32.1. The van der Waals surface area contributed by atoms with Crippen molar-refractivity contribution in [2.24, 2.45) is 0 Å². The number of hydrogen-bond acceptors (Lipinski definition) is 5. The van der Waals surface area contributed by atoms with Crippen molar-refractivity contribution in [2.75, 3.05) is 0 Å². The van der Waals surface area contributed by atoms with Crippen LogP contribution in [0.4, 0.5) is 13.2 Å². The van der Waals surface area contributed by atoms with Gasteiger partial charge in [-0.15, -0.1) is 11.3 Å². The quantitative estimate of drug-likeness (QED) is 0.550. The van der Waals surface area contributed by atoms with Gasteiger partial charge in [-0.3, -0.25) is 4.79 Å². The van der Waals surface area contributed by atoms with Crippen LogP contribution in [-0.4, -0.2) is 20.5 Å². The van der Waals surface area contributed by atoms with E-state index in [1.54, 1.807) is 4.68 Å². The first-order chi connectivity index (χ1) is 14.2. The van der Waals surface area contributed by atoms with Crippen molar-refractivity contribution >= 4 is 17.1 Å². The van der Waals surface area contributed by atoms with Gasteiger partial charge in [0.25, 0.3) is 0 Å². The fourth-order valence-corrected chi connectivity index (χ4v) is 4.66. The predicted molar refractivity (Wildman–Crippen MR) is 105 cm³/mol. The van der Waals surface area contributed by atoms with Gasteiger partial charge >= 0.3 is 6.18 Å². The van der Waals surface area contributed by atoms with Crippen LogP contribution in [0.15, 0.2) is 23.6 Å². The van der Waals surface area contributed by atoms with Crippen LogP contribution in [0, 0.1) is 25.2 Å². The molecule has 1 aromatic carbocycles. The van der Waals surface area contributed by atoms with Crippen LogP contribution in [0.3, 0.4) is 0 Å². The van der Waals surface area contributed by atoms with E-state index in [0.717, 1.165) is 46.3 Å². The summed E-state index contributed by atoms with van der Waals surface area (Å²) in [4.78, 5) is 16.7. The number of ketones is 1. The van der Waals surface area contributed by atoms with Crippen molar-refractivity contribution in [3.05, 3.63) is 62.4 Å². The van der Waals surface area contributed by atoms with Crippen LogP contribution in [-0.2, 0) is 19.0 Å². The number of nitriles is 1. The van der Waals surface area contributed by atoms with E-state index in [2.05, 4.69) is 10.1 Å². The molecule has 1 aliphatic carbocycles. The fourth-order valence-electron chi connectivity index (χ4n) is 3.79. The highest BCUT2D eigenvalue weighted by molar-refractivity contribution is 7.10. The lowest BCUT2D eigenvalue weighted by Crippen LogP contribution is -2.15. The van der Waals surface area contributed by atoms with Crippen LogP contribution in [0.2, 0.25) is 0 Å². The molecule has 0 amide bonds. The number of nitrogens with zero attached hydrogens (tertiary/aromatic N) is 4. The van der Waals surface area contributed by atoms with Gasteiger partial charge in [-0.25, -0.2) is 9.67 Å². The lowest BCUT2D eigenvalue weighted by Gasteiger charge is -2.10. The van der Waals surface area contributed by atoms with Crippen molar-refractivity contribution in [3.8, 4) is 11.8 Å². The molecule has 1 unspecified atom stereocenters. The summed E-state index contributed by atoms with van der Waals surface area (Å²) in [6.45, 7) is 3.94. The molecule has 0 radical (unpaired) electrons. The molecule has 154 valence electrons. The smallest absolute Gasteiger partial charge is 0.290 e. The van der Waals surface area contributed by atoms with Crippen molar-refractivity contribution in [2.45, 2.75) is 45.2 Å². The van der Waals surface area contributed by atoms with E-state index in [1.165, 1.54) is 0 Å². The molecule has 3 aromatic rings. The molecule has 2 heterocycles. The predicted octanol–water partition coefficient (Wildman–Crippen LogP) is 4.94. The molecular formula is C21H17F3N4OS. The van der Waals surface area contributed by atoms with E-state index in [-0.39, 0.29) is 10.7 Å². The summed E-state index contributed by atoms with van der Waals surface area (Å²) in [5, 5.41) is 14.7. The third kappa shape index (κ3) is 3.41. The first kappa shape index (κ1) is 20.3. The maximum absolute atomic E-state index is 13.2. The summed E-state index contributed by atoms with van der Waals surface area (Å²) in [5.74, 6) is -2.03. The molecule has 30 heavy (non-hydrogen) atoms. The highest BCUT2D eigenvalue weighted by Gasteiger charge is 2.37. The Hall–Kier alpha value is -2.99. The number of benzene rings is 1. The Bertz CT molecular complexity index is 1190. The third-order valence-electron chi connectivity index (χ3n) is 5.19. The second-order valence-electron chi connectivity index (χ2n) is 7.32. The van der Waals surface area contributed by atoms with Crippen LogP contribution in [0.25, 0.3) is 5.69 Å². The largest absolute Gasteiger partial charge is 0.434 e. The Morgan fingerprint density at radius 2 is 2.07 bits per heavy atom. The summed E-state index contributed by atoms with van der Waals surface area (Å²) in [6.07, 6.45) is -2.38.